The summed E-state index contributed by atoms with van der Waals surface area (Å²) in [5.41, 5.74) is 1.98. The molecule has 0 N–H and O–H groups in total. The lowest BCUT2D eigenvalue weighted by Gasteiger charge is -2.32. The summed E-state index contributed by atoms with van der Waals surface area (Å²) in [6.07, 6.45) is 0. The summed E-state index contributed by atoms with van der Waals surface area (Å²) in [7, 11) is -3.46. The van der Waals surface area contributed by atoms with Gasteiger partial charge in [-0.3, -0.25) is 4.57 Å². The normalized spacial score (nSPS) is 18.3. The molecule has 2 aromatic carbocycles. The number of aromatic nitrogens is 2. The van der Waals surface area contributed by atoms with Crippen molar-refractivity contribution in [2.75, 3.05) is 13.1 Å². The molecular weight excluding hydrogens is 390 g/mol. The minimum absolute atomic E-state index is 0.199. The summed E-state index contributed by atoms with van der Waals surface area (Å²) < 4.78 is 37.2. The Morgan fingerprint density at radius 3 is 2.34 bits per heavy atom. The van der Waals surface area contributed by atoms with Crippen LogP contribution in [0.25, 0.3) is 5.69 Å². The van der Waals surface area contributed by atoms with E-state index in [2.05, 4.69) is 10.1 Å². The molecule has 1 aromatic heterocycles. The maximum Gasteiger partial charge on any atom is 0.356 e. The SMILES string of the molecule is CCN(CC)[P@@]1(=O)OC(c2ccc(F)cc2)=Nc2c1c(C)nn2-c1ccccc1. The van der Waals surface area contributed by atoms with Gasteiger partial charge in [0.15, 0.2) is 5.82 Å². The first-order valence-electron chi connectivity index (χ1n) is 9.53. The van der Waals surface area contributed by atoms with Gasteiger partial charge in [-0.2, -0.15) is 10.1 Å². The van der Waals surface area contributed by atoms with Gasteiger partial charge in [0, 0.05) is 18.7 Å². The zero-order valence-electron chi connectivity index (χ0n) is 16.5. The molecule has 4 rings (SSSR count). The third kappa shape index (κ3) is 3.30. The van der Waals surface area contributed by atoms with Crippen molar-refractivity contribution in [2.45, 2.75) is 20.8 Å². The molecule has 29 heavy (non-hydrogen) atoms. The average molecular weight is 412 g/mol. The Morgan fingerprint density at radius 1 is 1.07 bits per heavy atom. The third-order valence-electron chi connectivity index (χ3n) is 4.90. The lowest BCUT2D eigenvalue weighted by atomic mass is 10.2. The molecule has 0 amide bonds. The van der Waals surface area contributed by atoms with E-state index < -0.39 is 7.52 Å². The summed E-state index contributed by atoms with van der Waals surface area (Å²) in [5, 5.41) is 5.13. The highest BCUT2D eigenvalue weighted by molar-refractivity contribution is 7.65. The fourth-order valence-corrected chi connectivity index (χ4v) is 5.94. The third-order valence-corrected chi connectivity index (χ3v) is 7.72. The second-order valence-corrected chi connectivity index (χ2v) is 8.92. The Bertz CT molecular complexity index is 1110. The van der Waals surface area contributed by atoms with Gasteiger partial charge in [-0.05, 0) is 43.3 Å². The zero-order valence-corrected chi connectivity index (χ0v) is 17.4. The van der Waals surface area contributed by atoms with Crippen molar-refractivity contribution in [1.29, 1.82) is 0 Å². The summed E-state index contributed by atoms with van der Waals surface area (Å²) in [6.45, 7) is 6.77. The van der Waals surface area contributed by atoms with Gasteiger partial charge in [-0.25, -0.2) is 13.7 Å². The van der Waals surface area contributed by atoms with Crippen molar-refractivity contribution in [3.8, 4) is 5.69 Å². The highest BCUT2D eigenvalue weighted by Crippen LogP contribution is 2.55. The molecule has 0 spiro atoms. The number of para-hydroxylation sites is 1. The Balaban J connectivity index is 1.97. The van der Waals surface area contributed by atoms with E-state index in [0.717, 1.165) is 5.69 Å². The molecule has 0 bridgehead atoms. The number of aryl methyl sites for hydroxylation is 1. The first-order chi connectivity index (χ1) is 14.0. The van der Waals surface area contributed by atoms with Gasteiger partial charge in [0.25, 0.3) is 0 Å². The van der Waals surface area contributed by atoms with Gasteiger partial charge >= 0.3 is 7.52 Å². The molecule has 0 aliphatic carbocycles. The van der Waals surface area contributed by atoms with Crippen molar-refractivity contribution in [3.05, 3.63) is 71.7 Å². The smallest absolute Gasteiger partial charge is 0.356 e. The minimum atomic E-state index is -3.46. The molecule has 0 radical (unpaired) electrons. The van der Waals surface area contributed by atoms with Crippen molar-refractivity contribution < 1.29 is 13.5 Å². The first kappa shape index (κ1) is 19.6. The van der Waals surface area contributed by atoms with Crippen LogP contribution in [0.3, 0.4) is 0 Å². The number of rotatable bonds is 5. The van der Waals surface area contributed by atoms with Crippen LogP contribution in [0.2, 0.25) is 0 Å². The van der Waals surface area contributed by atoms with E-state index >= 15 is 0 Å². The minimum Gasteiger partial charge on any atom is -0.410 e. The summed E-state index contributed by atoms with van der Waals surface area (Å²) >= 11 is 0. The average Bonchev–Trinajstić information content (AvgIpc) is 3.07. The molecule has 1 atom stereocenters. The lowest BCUT2D eigenvalue weighted by molar-refractivity contribution is 0.376. The summed E-state index contributed by atoms with van der Waals surface area (Å²) in [4.78, 5) is 4.66. The van der Waals surface area contributed by atoms with Crippen LogP contribution in [-0.4, -0.2) is 33.4 Å². The molecule has 0 saturated carbocycles. The second-order valence-electron chi connectivity index (χ2n) is 6.68. The Hall–Kier alpha value is -2.76. The van der Waals surface area contributed by atoms with Crippen molar-refractivity contribution in [1.82, 2.24) is 14.5 Å². The van der Waals surface area contributed by atoms with E-state index in [1.54, 1.807) is 21.5 Å². The standard InChI is InChI=1S/C21H22FN4O2P/c1-4-25(5-2)29(27)19-15(3)24-26(18-9-7-6-8-10-18)20(19)23-21(28-29)16-11-13-17(22)14-12-16/h6-14H,4-5H2,1-3H3/t29-/m0/s1. The number of benzene rings is 2. The van der Waals surface area contributed by atoms with Gasteiger partial charge in [0.05, 0.1) is 11.4 Å². The molecular formula is C21H22FN4O2P. The van der Waals surface area contributed by atoms with Gasteiger partial charge in [-0.1, -0.05) is 32.0 Å². The number of nitrogens with zero attached hydrogens (tertiary/aromatic N) is 4. The van der Waals surface area contributed by atoms with Crippen molar-refractivity contribution in [2.24, 2.45) is 4.99 Å². The molecule has 1 aliphatic rings. The van der Waals surface area contributed by atoms with Gasteiger partial charge in [0.1, 0.15) is 11.1 Å². The lowest BCUT2D eigenvalue weighted by Crippen LogP contribution is -2.32. The topological polar surface area (TPSA) is 59.7 Å². The number of hydrogen-bond acceptors (Lipinski definition) is 4. The Kier molecular flexibility index (Phi) is 5.11. The molecule has 6 nitrogen and oxygen atoms in total. The zero-order chi connectivity index (χ0) is 20.6. The van der Waals surface area contributed by atoms with Crippen molar-refractivity contribution in [3.63, 3.8) is 0 Å². The first-order valence-corrected chi connectivity index (χ1v) is 11.1. The van der Waals surface area contributed by atoms with E-state index in [9.17, 15) is 8.96 Å². The largest absolute Gasteiger partial charge is 0.410 e. The fourth-order valence-electron chi connectivity index (χ4n) is 3.47. The van der Waals surface area contributed by atoms with Crippen LogP contribution in [0, 0.1) is 12.7 Å². The molecule has 2 heterocycles. The van der Waals surface area contributed by atoms with Gasteiger partial charge in [-0.15, -0.1) is 0 Å². The highest BCUT2D eigenvalue weighted by Gasteiger charge is 2.44. The van der Waals surface area contributed by atoms with E-state index in [-0.39, 0.29) is 11.7 Å². The van der Waals surface area contributed by atoms with Crippen LogP contribution < -0.4 is 5.30 Å². The van der Waals surface area contributed by atoms with E-state index in [0.29, 0.717) is 35.5 Å². The molecule has 1 aliphatic heterocycles. The van der Waals surface area contributed by atoms with Crippen LogP contribution in [0.15, 0.2) is 59.6 Å². The molecule has 3 aromatic rings. The summed E-state index contributed by atoms with van der Waals surface area (Å²) in [5.74, 6) is 0.322. The van der Waals surface area contributed by atoms with Gasteiger partial charge < -0.3 is 4.52 Å². The molecule has 0 unspecified atom stereocenters. The predicted molar refractivity (Wildman–Crippen MR) is 112 cm³/mol. The highest BCUT2D eigenvalue weighted by atomic mass is 31.2. The van der Waals surface area contributed by atoms with Crippen LogP contribution in [0.4, 0.5) is 10.2 Å². The van der Waals surface area contributed by atoms with Crippen molar-refractivity contribution >= 4 is 24.5 Å². The number of aliphatic imine (C=N–C) groups is 1. The van der Waals surface area contributed by atoms with Crippen LogP contribution >= 0.6 is 7.52 Å². The number of fused-ring (bicyclic) bond motifs is 1. The maximum absolute atomic E-state index is 14.2. The quantitative estimate of drug-likeness (QED) is 0.575. The van der Waals surface area contributed by atoms with Crippen LogP contribution in [0.1, 0.15) is 25.1 Å². The van der Waals surface area contributed by atoms with E-state index in [1.165, 1.54) is 12.1 Å². The molecule has 0 saturated heterocycles. The molecule has 0 fully saturated rings. The second kappa shape index (κ2) is 7.58. The Morgan fingerprint density at radius 2 is 1.72 bits per heavy atom. The maximum atomic E-state index is 14.2. The molecule has 150 valence electrons. The van der Waals surface area contributed by atoms with Gasteiger partial charge in [0.2, 0.25) is 5.90 Å². The van der Waals surface area contributed by atoms with Crippen LogP contribution in [0.5, 0.6) is 0 Å². The molecule has 8 heteroatoms. The Labute approximate surface area is 169 Å². The monoisotopic (exact) mass is 412 g/mol. The number of hydrogen-bond donors (Lipinski definition) is 0. The summed E-state index contributed by atoms with van der Waals surface area (Å²) in [6, 6.07) is 15.4. The fraction of sp³-hybridized carbons (Fsp3) is 0.238. The van der Waals surface area contributed by atoms with E-state index in [1.807, 2.05) is 51.1 Å². The van der Waals surface area contributed by atoms with Crippen LogP contribution in [-0.2, 0) is 9.09 Å². The predicted octanol–water partition coefficient (Wildman–Crippen LogP) is 4.59. The van der Waals surface area contributed by atoms with E-state index in [4.69, 9.17) is 4.52 Å². The number of halogens is 1.